The van der Waals surface area contributed by atoms with E-state index in [4.69, 9.17) is 11.6 Å². The molecule has 2 aromatic carbocycles. The normalized spacial score (nSPS) is 13.8. The van der Waals surface area contributed by atoms with Gasteiger partial charge in [-0.1, -0.05) is 48.0 Å². The Morgan fingerprint density at radius 1 is 1.24 bits per heavy atom. The molecule has 3 rings (SSSR count). The quantitative estimate of drug-likeness (QED) is 0.673. The van der Waals surface area contributed by atoms with Gasteiger partial charge in [-0.25, -0.2) is 0 Å². The van der Waals surface area contributed by atoms with Gasteiger partial charge in [0.1, 0.15) is 11.6 Å². The Morgan fingerprint density at radius 2 is 2.00 bits per heavy atom. The van der Waals surface area contributed by atoms with Crippen molar-refractivity contribution in [2.75, 3.05) is 11.4 Å². The molecule has 0 bridgehead atoms. The summed E-state index contributed by atoms with van der Waals surface area (Å²) >= 11 is 6.11. The number of para-hydroxylation sites is 1. The maximum atomic E-state index is 12.8. The van der Waals surface area contributed by atoms with E-state index >= 15 is 0 Å². The van der Waals surface area contributed by atoms with Crippen molar-refractivity contribution in [3.8, 4) is 6.07 Å². The molecule has 1 aliphatic rings. The minimum absolute atomic E-state index is 0.0868. The largest absolute Gasteiger partial charge is 0.386 e. The van der Waals surface area contributed by atoms with Gasteiger partial charge < -0.3 is 10.2 Å². The molecule has 0 saturated carbocycles. The molecule has 0 unspecified atom stereocenters. The second-order valence-electron chi connectivity index (χ2n) is 5.83. The smallest absolute Gasteiger partial charge is 0.270 e. The van der Waals surface area contributed by atoms with Gasteiger partial charge in [0.25, 0.3) is 5.91 Å². The maximum Gasteiger partial charge on any atom is 0.270 e. The molecule has 0 fully saturated rings. The molecule has 4 nitrogen and oxygen atoms in total. The summed E-state index contributed by atoms with van der Waals surface area (Å²) in [6.45, 7) is 1.08. The average molecular weight is 352 g/mol. The van der Waals surface area contributed by atoms with Gasteiger partial charge in [0.15, 0.2) is 0 Å². The van der Waals surface area contributed by atoms with Gasteiger partial charge in [0.05, 0.1) is 0 Å². The highest BCUT2D eigenvalue weighted by Gasteiger charge is 2.24. The molecule has 1 amide bonds. The third kappa shape index (κ3) is 3.84. The van der Waals surface area contributed by atoms with E-state index < -0.39 is 0 Å². The van der Waals surface area contributed by atoms with Crippen molar-refractivity contribution in [2.45, 2.75) is 19.4 Å². The lowest BCUT2D eigenvalue weighted by molar-refractivity contribution is -0.114. The van der Waals surface area contributed by atoms with Crippen LogP contribution in [0.25, 0.3) is 0 Å². The predicted octanol–water partition coefficient (Wildman–Crippen LogP) is 3.82. The van der Waals surface area contributed by atoms with Gasteiger partial charge in [0, 0.05) is 30.0 Å². The number of nitriles is 1. The number of halogens is 1. The molecule has 1 aliphatic heterocycles. The summed E-state index contributed by atoms with van der Waals surface area (Å²) in [7, 11) is 0. The molecule has 2 aromatic rings. The van der Waals surface area contributed by atoms with Crippen LogP contribution in [0.4, 0.5) is 5.69 Å². The molecule has 0 atom stereocenters. The van der Waals surface area contributed by atoms with Gasteiger partial charge in [-0.05, 0) is 36.1 Å². The molecule has 1 heterocycles. The molecule has 126 valence electrons. The molecule has 0 aliphatic carbocycles. The van der Waals surface area contributed by atoms with Crippen LogP contribution < -0.4 is 10.2 Å². The predicted molar refractivity (Wildman–Crippen MR) is 99.1 cm³/mol. The third-order valence-electron chi connectivity index (χ3n) is 4.20. The molecule has 0 radical (unpaired) electrons. The van der Waals surface area contributed by atoms with Crippen LogP contribution in [0.5, 0.6) is 0 Å². The summed E-state index contributed by atoms with van der Waals surface area (Å²) in [5.74, 6) is -0.277. The molecule has 25 heavy (non-hydrogen) atoms. The second-order valence-corrected chi connectivity index (χ2v) is 6.24. The molecule has 1 N–H and O–H groups in total. The number of carbonyl (C=O) groups is 1. The number of nitrogens with one attached hydrogen (secondary N) is 1. The van der Waals surface area contributed by atoms with E-state index in [1.54, 1.807) is 4.90 Å². The fraction of sp³-hybridized carbons (Fsp3) is 0.200. The van der Waals surface area contributed by atoms with Crippen LogP contribution in [-0.2, 0) is 17.8 Å². The Kier molecular flexibility index (Phi) is 5.37. The van der Waals surface area contributed by atoms with Crippen molar-refractivity contribution in [2.24, 2.45) is 0 Å². The lowest BCUT2D eigenvalue weighted by Gasteiger charge is -2.29. The number of nitrogens with zero attached hydrogens (tertiary/aromatic N) is 2. The zero-order valence-corrected chi connectivity index (χ0v) is 14.5. The molecule has 0 aromatic heterocycles. The van der Waals surface area contributed by atoms with Crippen molar-refractivity contribution >= 4 is 23.2 Å². The lowest BCUT2D eigenvalue weighted by Crippen LogP contribution is -2.36. The first-order chi connectivity index (χ1) is 12.2. The summed E-state index contributed by atoms with van der Waals surface area (Å²) in [6, 6.07) is 17.3. The zero-order valence-electron chi connectivity index (χ0n) is 13.7. The number of anilines is 1. The van der Waals surface area contributed by atoms with Crippen molar-refractivity contribution in [1.82, 2.24) is 5.32 Å². The van der Waals surface area contributed by atoms with Crippen LogP contribution in [0.1, 0.15) is 17.5 Å². The summed E-state index contributed by atoms with van der Waals surface area (Å²) in [6.07, 6.45) is 3.33. The van der Waals surface area contributed by atoms with E-state index in [1.165, 1.54) is 6.20 Å². The van der Waals surface area contributed by atoms with Crippen molar-refractivity contribution in [3.05, 3.63) is 76.5 Å². The number of aryl methyl sites for hydroxylation is 1. The SMILES string of the molecule is N#C/C(=C/NCc1ccccc1Cl)C(=O)N1CCCc2ccccc21. The Morgan fingerprint density at radius 3 is 2.80 bits per heavy atom. The van der Waals surface area contributed by atoms with Crippen LogP contribution in [0.2, 0.25) is 5.02 Å². The highest BCUT2D eigenvalue weighted by atomic mass is 35.5. The van der Waals surface area contributed by atoms with E-state index in [9.17, 15) is 10.1 Å². The molecular formula is C20H18ClN3O. The number of benzene rings is 2. The fourth-order valence-corrected chi connectivity index (χ4v) is 3.14. The number of fused-ring (bicyclic) bond motifs is 1. The zero-order chi connectivity index (χ0) is 17.6. The van der Waals surface area contributed by atoms with Gasteiger partial charge in [-0.3, -0.25) is 4.79 Å². The van der Waals surface area contributed by atoms with Crippen molar-refractivity contribution in [3.63, 3.8) is 0 Å². The van der Waals surface area contributed by atoms with Gasteiger partial charge in [-0.2, -0.15) is 5.26 Å². The minimum Gasteiger partial charge on any atom is -0.386 e. The standard InChI is InChI=1S/C20H18ClN3O/c21-18-9-3-1-7-16(18)13-23-14-17(12-22)20(25)24-11-5-8-15-6-2-4-10-19(15)24/h1-4,6-7,9-10,14,23H,5,8,11,13H2/b17-14-. The Hall–Kier alpha value is -2.77. The average Bonchev–Trinajstić information content (AvgIpc) is 2.65. The first kappa shape index (κ1) is 17.1. The van der Waals surface area contributed by atoms with Crippen molar-refractivity contribution < 1.29 is 4.79 Å². The van der Waals surface area contributed by atoms with Gasteiger partial charge in [0.2, 0.25) is 0 Å². The summed E-state index contributed by atoms with van der Waals surface area (Å²) in [4.78, 5) is 14.5. The van der Waals surface area contributed by atoms with Crippen LogP contribution in [0, 0.1) is 11.3 Å². The van der Waals surface area contributed by atoms with Crippen LogP contribution in [-0.4, -0.2) is 12.5 Å². The molecule has 5 heteroatoms. The van der Waals surface area contributed by atoms with E-state index in [2.05, 4.69) is 5.32 Å². The monoisotopic (exact) mass is 351 g/mol. The van der Waals surface area contributed by atoms with Gasteiger partial charge in [-0.15, -0.1) is 0 Å². The highest BCUT2D eigenvalue weighted by Crippen LogP contribution is 2.27. The van der Waals surface area contributed by atoms with E-state index in [0.29, 0.717) is 18.1 Å². The van der Waals surface area contributed by atoms with Crippen LogP contribution >= 0.6 is 11.6 Å². The maximum absolute atomic E-state index is 12.8. The molecule has 0 saturated heterocycles. The topological polar surface area (TPSA) is 56.1 Å². The number of hydrogen-bond acceptors (Lipinski definition) is 3. The number of hydrogen-bond donors (Lipinski definition) is 1. The van der Waals surface area contributed by atoms with Crippen LogP contribution in [0.3, 0.4) is 0 Å². The highest BCUT2D eigenvalue weighted by molar-refractivity contribution is 6.31. The minimum atomic E-state index is -0.277. The van der Waals surface area contributed by atoms with E-state index in [0.717, 1.165) is 29.7 Å². The summed E-state index contributed by atoms with van der Waals surface area (Å²) in [5, 5.41) is 13.1. The third-order valence-corrected chi connectivity index (χ3v) is 4.57. The number of rotatable bonds is 4. The number of amides is 1. The second kappa shape index (κ2) is 7.87. The van der Waals surface area contributed by atoms with Crippen LogP contribution in [0.15, 0.2) is 60.3 Å². The van der Waals surface area contributed by atoms with Crippen molar-refractivity contribution in [1.29, 1.82) is 5.26 Å². The fourth-order valence-electron chi connectivity index (χ4n) is 2.94. The Bertz CT molecular complexity index is 854. The van der Waals surface area contributed by atoms with E-state index in [1.807, 2.05) is 54.6 Å². The summed E-state index contributed by atoms with van der Waals surface area (Å²) in [5.41, 5.74) is 3.03. The molecular weight excluding hydrogens is 334 g/mol. The van der Waals surface area contributed by atoms with E-state index in [-0.39, 0.29) is 11.5 Å². The first-order valence-electron chi connectivity index (χ1n) is 8.17. The van der Waals surface area contributed by atoms with Gasteiger partial charge >= 0.3 is 0 Å². The lowest BCUT2D eigenvalue weighted by atomic mass is 10.0. The Labute approximate surface area is 152 Å². The molecule has 0 spiro atoms. The Balaban J connectivity index is 1.74. The number of carbonyl (C=O) groups excluding carboxylic acids is 1. The summed E-state index contributed by atoms with van der Waals surface area (Å²) < 4.78 is 0. The first-order valence-corrected chi connectivity index (χ1v) is 8.55.